The second kappa shape index (κ2) is 8.75. The van der Waals surface area contributed by atoms with Crippen LogP contribution in [0.5, 0.6) is 0 Å². The zero-order valence-electron chi connectivity index (χ0n) is 14.0. The molecule has 0 spiro atoms. The lowest BCUT2D eigenvalue weighted by molar-refractivity contribution is 0.0951. The fourth-order valence-electron chi connectivity index (χ4n) is 2.51. The van der Waals surface area contributed by atoms with E-state index >= 15 is 0 Å². The van der Waals surface area contributed by atoms with Crippen LogP contribution in [0, 0.1) is 0 Å². The highest BCUT2D eigenvalue weighted by Gasteiger charge is 2.07. The van der Waals surface area contributed by atoms with Crippen molar-refractivity contribution in [3.05, 3.63) is 99.5 Å². The molecule has 3 aromatic rings. The van der Waals surface area contributed by atoms with Crippen molar-refractivity contribution in [3.63, 3.8) is 0 Å². The van der Waals surface area contributed by atoms with E-state index in [9.17, 15) is 4.79 Å². The Kier molecular flexibility index (Phi) is 6.16. The minimum atomic E-state index is -0.102. The number of halogens is 2. The molecule has 0 bridgehead atoms. The Morgan fingerprint density at radius 3 is 2.08 bits per heavy atom. The third-order valence-electron chi connectivity index (χ3n) is 3.97. The second-order valence-electron chi connectivity index (χ2n) is 5.80. The van der Waals surface area contributed by atoms with Gasteiger partial charge in [-0.15, -0.1) is 0 Å². The van der Waals surface area contributed by atoms with Crippen LogP contribution in [0.2, 0.25) is 10.0 Å². The molecule has 3 aromatic carbocycles. The van der Waals surface area contributed by atoms with Crippen LogP contribution in [-0.4, -0.2) is 5.91 Å². The number of benzene rings is 3. The Morgan fingerprint density at radius 2 is 1.42 bits per heavy atom. The van der Waals surface area contributed by atoms with E-state index in [1.54, 1.807) is 12.1 Å². The van der Waals surface area contributed by atoms with Gasteiger partial charge < -0.3 is 10.6 Å². The molecular weight excluding hydrogens is 367 g/mol. The third kappa shape index (κ3) is 4.78. The minimum Gasteiger partial charge on any atom is -0.381 e. The summed E-state index contributed by atoms with van der Waals surface area (Å²) in [5.74, 6) is -0.102. The van der Waals surface area contributed by atoms with Crippen molar-refractivity contribution < 1.29 is 4.79 Å². The number of nitrogens with one attached hydrogen (secondary N) is 2. The minimum absolute atomic E-state index is 0.102. The van der Waals surface area contributed by atoms with Gasteiger partial charge >= 0.3 is 0 Å². The highest BCUT2D eigenvalue weighted by atomic mass is 35.5. The van der Waals surface area contributed by atoms with Gasteiger partial charge in [0.2, 0.25) is 0 Å². The van der Waals surface area contributed by atoms with Gasteiger partial charge in [-0.25, -0.2) is 0 Å². The van der Waals surface area contributed by atoms with Gasteiger partial charge in [0, 0.05) is 39.9 Å². The molecule has 0 aliphatic carbocycles. The van der Waals surface area contributed by atoms with Crippen LogP contribution in [0.15, 0.2) is 72.8 Å². The Labute approximate surface area is 163 Å². The summed E-state index contributed by atoms with van der Waals surface area (Å²) in [5.41, 5.74) is 3.42. The van der Waals surface area contributed by atoms with Crippen LogP contribution in [-0.2, 0) is 13.1 Å². The number of hydrogen-bond donors (Lipinski definition) is 2. The molecule has 0 aliphatic heterocycles. The molecule has 2 N–H and O–H groups in total. The zero-order valence-corrected chi connectivity index (χ0v) is 15.5. The van der Waals surface area contributed by atoms with Crippen molar-refractivity contribution in [1.29, 1.82) is 0 Å². The molecule has 26 heavy (non-hydrogen) atoms. The van der Waals surface area contributed by atoms with Gasteiger partial charge in [0.15, 0.2) is 0 Å². The molecule has 0 radical (unpaired) electrons. The van der Waals surface area contributed by atoms with Crippen LogP contribution >= 0.6 is 23.2 Å². The fourth-order valence-corrected chi connectivity index (χ4v) is 3.04. The topological polar surface area (TPSA) is 41.1 Å². The van der Waals surface area contributed by atoms with E-state index in [1.165, 1.54) is 0 Å². The highest BCUT2D eigenvalue weighted by Crippen LogP contribution is 2.25. The first-order chi connectivity index (χ1) is 12.6. The molecule has 1 amide bonds. The highest BCUT2D eigenvalue weighted by molar-refractivity contribution is 6.36. The lowest BCUT2D eigenvalue weighted by Crippen LogP contribution is -2.22. The average molecular weight is 385 g/mol. The maximum atomic E-state index is 12.2. The molecule has 3 nitrogen and oxygen atoms in total. The fraction of sp³-hybridized carbons (Fsp3) is 0.0952. The van der Waals surface area contributed by atoms with E-state index in [0.717, 1.165) is 16.8 Å². The Balaban J connectivity index is 1.57. The SMILES string of the molecule is O=C(NCc1ccccc1)c1ccc(NCc2c(Cl)cccc2Cl)cc1. The Bertz CT molecular complexity index is 860. The molecule has 5 heteroatoms. The lowest BCUT2D eigenvalue weighted by Gasteiger charge is -2.11. The molecule has 0 aromatic heterocycles. The van der Waals surface area contributed by atoms with E-state index < -0.39 is 0 Å². The molecule has 0 heterocycles. The van der Waals surface area contributed by atoms with Crippen LogP contribution in [0.1, 0.15) is 21.5 Å². The molecule has 0 saturated carbocycles. The zero-order chi connectivity index (χ0) is 18.4. The molecule has 0 atom stereocenters. The quantitative estimate of drug-likeness (QED) is 0.585. The van der Waals surface area contributed by atoms with Crippen LogP contribution in [0.25, 0.3) is 0 Å². The standard InChI is InChI=1S/C21H18Cl2N2O/c22-19-7-4-8-20(23)18(19)14-24-17-11-9-16(10-12-17)21(26)25-13-15-5-2-1-3-6-15/h1-12,24H,13-14H2,(H,25,26). The van der Waals surface area contributed by atoms with Crippen molar-refractivity contribution in [2.75, 3.05) is 5.32 Å². The first-order valence-electron chi connectivity index (χ1n) is 8.22. The summed E-state index contributed by atoms with van der Waals surface area (Å²) in [6.45, 7) is 1.02. The van der Waals surface area contributed by atoms with E-state index in [4.69, 9.17) is 23.2 Å². The molecule has 0 saturated heterocycles. The molecule has 3 rings (SSSR count). The number of carbonyl (C=O) groups is 1. The van der Waals surface area contributed by atoms with E-state index in [1.807, 2.05) is 60.7 Å². The summed E-state index contributed by atoms with van der Waals surface area (Å²) in [6, 6.07) is 22.6. The average Bonchev–Trinajstić information content (AvgIpc) is 2.67. The first kappa shape index (κ1) is 18.3. The Morgan fingerprint density at radius 1 is 0.769 bits per heavy atom. The summed E-state index contributed by atoms with van der Waals surface area (Å²) in [5, 5.41) is 7.43. The van der Waals surface area contributed by atoms with Gasteiger partial charge in [-0.3, -0.25) is 4.79 Å². The van der Waals surface area contributed by atoms with E-state index in [2.05, 4.69) is 10.6 Å². The molecule has 0 unspecified atom stereocenters. The Hall–Kier alpha value is -2.49. The second-order valence-corrected chi connectivity index (χ2v) is 6.61. The lowest BCUT2D eigenvalue weighted by atomic mass is 10.1. The van der Waals surface area contributed by atoms with E-state index in [-0.39, 0.29) is 5.91 Å². The van der Waals surface area contributed by atoms with E-state index in [0.29, 0.717) is 28.7 Å². The maximum absolute atomic E-state index is 12.2. The van der Waals surface area contributed by atoms with Crippen molar-refractivity contribution in [3.8, 4) is 0 Å². The summed E-state index contributed by atoms with van der Waals surface area (Å²) >= 11 is 12.3. The van der Waals surface area contributed by atoms with Crippen LogP contribution < -0.4 is 10.6 Å². The smallest absolute Gasteiger partial charge is 0.251 e. The summed E-state index contributed by atoms with van der Waals surface area (Å²) in [7, 11) is 0. The summed E-state index contributed by atoms with van der Waals surface area (Å²) < 4.78 is 0. The number of amides is 1. The molecular formula is C21H18Cl2N2O. The van der Waals surface area contributed by atoms with Gasteiger partial charge in [-0.2, -0.15) is 0 Å². The van der Waals surface area contributed by atoms with Crippen molar-refractivity contribution in [2.24, 2.45) is 0 Å². The number of carbonyl (C=O) groups excluding carboxylic acids is 1. The molecule has 0 aliphatic rings. The summed E-state index contributed by atoms with van der Waals surface area (Å²) in [6.07, 6.45) is 0. The monoisotopic (exact) mass is 384 g/mol. The molecule has 132 valence electrons. The van der Waals surface area contributed by atoms with Crippen molar-refractivity contribution in [2.45, 2.75) is 13.1 Å². The van der Waals surface area contributed by atoms with Crippen molar-refractivity contribution in [1.82, 2.24) is 5.32 Å². The van der Waals surface area contributed by atoms with Gasteiger partial charge in [-0.05, 0) is 42.0 Å². The van der Waals surface area contributed by atoms with Crippen LogP contribution in [0.4, 0.5) is 5.69 Å². The van der Waals surface area contributed by atoms with Gasteiger partial charge in [0.25, 0.3) is 5.91 Å². The first-order valence-corrected chi connectivity index (χ1v) is 8.98. The van der Waals surface area contributed by atoms with Crippen molar-refractivity contribution >= 4 is 34.8 Å². The predicted molar refractivity (Wildman–Crippen MR) is 108 cm³/mol. The normalized spacial score (nSPS) is 10.4. The van der Waals surface area contributed by atoms with Gasteiger partial charge in [0.05, 0.1) is 0 Å². The maximum Gasteiger partial charge on any atom is 0.251 e. The summed E-state index contributed by atoms with van der Waals surface area (Å²) in [4.78, 5) is 12.2. The molecule has 0 fully saturated rings. The third-order valence-corrected chi connectivity index (χ3v) is 4.68. The number of hydrogen-bond acceptors (Lipinski definition) is 2. The van der Waals surface area contributed by atoms with Gasteiger partial charge in [0.1, 0.15) is 0 Å². The van der Waals surface area contributed by atoms with Crippen LogP contribution in [0.3, 0.4) is 0 Å². The number of rotatable bonds is 6. The van der Waals surface area contributed by atoms with Gasteiger partial charge in [-0.1, -0.05) is 59.6 Å². The number of anilines is 1. The largest absolute Gasteiger partial charge is 0.381 e. The predicted octanol–water partition coefficient (Wildman–Crippen LogP) is 5.54.